The summed E-state index contributed by atoms with van der Waals surface area (Å²) in [5.74, 6) is -0.501. The lowest BCUT2D eigenvalue weighted by molar-refractivity contribution is 0.0601. The van der Waals surface area contributed by atoms with Gasteiger partial charge in [-0.05, 0) is 25.1 Å². The van der Waals surface area contributed by atoms with E-state index < -0.39 is 5.97 Å². The molecule has 0 unspecified atom stereocenters. The normalized spacial score (nSPS) is 10.7. The highest BCUT2D eigenvalue weighted by Gasteiger charge is 2.21. The number of esters is 1. The van der Waals surface area contributed by atoms with Gasteiger partial charge in [0.25, 0.3) is 5.56 Å². The number of carbonyl (C=O) groups excluding carboxylic acids is 1. The van der Waals surface area contributed by atoms with E-state index in [4.69, 9.17) is 16.3 Å². The molecule has 0 saturated carbocycles. The van der Waals surface area contributed by atoms with Gasteiger partial charge in [0.1, 0.15) is 0 Å². The molecule has 1 aromatic heterocycles. The molecule has 0 saturated heterocycles. The van der Waals surface area contributed by atoms with Crippen LogP contribution in [0.4, 0.5) is 0 Å². The molecule has 1 heterocycles. The number of aromatic nitrogens is 1. The standard InChI is InChI=1S/C18H14ClNO3/c1-11-15(18(22)23-2)13-9-6-10-14(19)16(13)17(21)20(11)12-7-4-3-5-8-12/h3-10H,1-2H3. The number of rotatable bonds is 2. The second-order valence-electron chi connectivity index (χ2n) is 5.09. The van der Waals surface area contributed by atoms with E-state index in [1.54, 1.807) is 37.3 Å². The van der Waals surface area contributed by atoms with Gasteiger partial charge in [-0.1, -0.05) is 41.9 Å². The van der Waals surface area contributed by atoms with Crippen LogP contribution in [0.15, 0.2) is 53.3 Å². The number of carbonyl (C=O) groups is 1. The highest BCUT2D eigenvalue weighted by molar-refractivity contribution is 6.35. The first kappa shape index (κ1) is 15.3. The summed E-state index contributed by atoms with van der Waals surface area (Å²) in [5, 5.41) is 1.12. The molecular weight excluding hydrogens is 314 g/mol. The van der Waals surface area contributed by atoms with Crippen LogP contribution in [-0.2, 0) is 4.74 Å². The minimum atomic E-state index is -0.501. The summed E-state index contributed by atoms with van der Waals surface area (Å²) < 4.78 is 6.38. The summed E-state index contributed by atoms with van der Waals surface area (Å²) >= 11 is 6.23. The fraction of sp³-hybridized carbons (Fsp3) is 0.111. The Bertz CT molecular complexity index is 961. The van der Waals surface area contributed by atoms with Gasteiger partial charge in [0.05, 0.1) is 23.1 Å². The number of halogens is 1. The molecule has 5 heteroatoms. The van der Waals surface area contributed by atoms with Gasteiger partial charge in [-0.2, -0.15) is 0 Å². The molecule has 3 aromatic rings. The van der Waals surface area contributed by atoms with Crippen molar-refractivity contribution in [3.8, 4) is 5.69 Å². The van der Waals surface area contributed by atoms with E-state index in [0.717, 1.165) is 0 Å². The summed E-state index contributed by atoms with van der Waals surface area (Å²) in [6.07, 6.45) is 0. The molecule has 116 valence electrons. The third kappa shape index (κ3) is 2.41. The molecule has 0 aliphatic rings. The number of hydrogen-bond acceptors (Lipinski definition) is 3. The number of para-hydroxylation sites is 1. The van der Waals surface area contributed by atoms with Crippen molar-refractivity contribution in [3.63, 3.8) is 0 Å². The Balaban J connectivity index is 2.54. The van der Waals surface area contributed by atoms with Gasteiger partial charge in [0.15, 0.2) is 0 Å². The van der Waals surface area contributed by atoms with Crippen LogP contribution < -0.4 is 5.56 Å². The Labute approximate surface area is 137 Å². The van der Waals surface area contributed by atoms with Crippen LogP contribution in [0.2, 0.25) is 5.02 Å². The number of fused-ring (bicyclic) bond motifs is 1. The van der Waals surface area contributed by atoms with E-state index in [0.29, 0.717) is 32.7 Å². The first-order valence-corrected chi connectivity index (χ1v) is 7.41. The molecule has 4 nitrogen and oxygen atoms in total. The van der Waals surface area contributed by atoms with E-state index in [9.17, 15) is 9.59 Å². The van der Waals surface area contributed by atoms with Gasteiger partial charge in [-0.25, -0.2) is 4.79 Å². The first-order chi connectivity index (χ1) is 11.1. The van der Waals surface area contributed by atoms with Gasteiger partial charge in [-0.3, -0.25) is 9.36 Å². The maximum absolute atomic E-state index is 13.0. The summed E-state index contributed by atoms with van der Waals surface area (Å²) in [4.78, 5) is 25.2. The van der Waals surface area contributed by atoms with E-state index in [-0.39, 0.29) is 5.56 Å². The first-order valence-electron chi connectivity index (χ1n) is 7.04. The zero-order valence-corrected chi connectivity index (χ0v) is 13.4. The minimum absolute atomic E-state index is 0.262. The monoisotopic (exact) mass is 327 g/mol. The Morgan fingerprint density at radius 3 is 2.43 bits per heavy atom. The van der Waals surface area contributed by atoms with Crippen LogP contribution >= 0.6 is 11.6 Å². The molecule has 23 heavy (non-hydrogen) atoms. The number of methoxy groups -OCH3 is 1. The van der Waals surface area contributed by atoms with Crippen molar-refractivity contribution in [3.05, 3.63) is 75.2 Å². The van der Waals surface area contributed by atoms with E-state index in [1.807, 2.05) is 18.2 Å². The van der Waals surface area contributed by atoms with Crippen LogP contribution in [0.3, 0.4) is 0 Å². The topological polar surface area (TPSA) is 48.3 Å². The molecule has 0 spiro atoms. The highest BCUT2D eigenvalue weighted by Crippen LogP contribution is 2.27. The van der Waals surface area contributed by atoms with Gasteiger partial charge < -0.3 is 4.74 Å². The van der Waals surface area contributed by atoms with E-state index in [1.165, 1.54) is 11.7 Å². The van der Waals surface area contributed by atoms with Crippen molar-refractivity contribution >= 4 is 28.3 Å². The van der Waals surface area contributed by atoms with Gasteiger partial charge in [0.2, 0.25) is 0 Å². The summed E-state index contributed by atoms with van der Waals surface area (Å²) in [7, 11) is 1.32. The molecule has 0 aliphatic heterocycles. The van der Waals surface area contributed by atoms with Crippen molar-refractivity contribution < 1.29 is 9.53 Å². The fourth-order valence-electron chi connectivity index (χ4n) is 2.77. The molecule has 3 rings (SSSR count). The highest BCUT2D eigenvalue weighted by atomic mass is 35.5. The third-order valence-corrected chi connectivity index (χ3v) is 4.12. The maximum Gasteiger partial charge on any atom is 0.340 e. The van der Waals surface area contributed by atoms with Gasteiger partial charge >= 0.3 is 5.97 Å². The average molecular weight is 328 g/mol. The molecule has 0 N–H and O–H groups in total. The molecule has 0 radical (unpaired) electrons. The van der Waals surface area contributed by atoms with Crippen molar-refractivity contribution in [2.45, 2.75) is 6.92 Å². The molecule has 0 fully saturated rings. The number of nitrogens with zero attached hydrogens (tertiary/aromatic N) is 1. The summed E-state index contributed by atoms with van der Waals surface area (Å²) in [5.41, 5.74) is 1.26. The quantitative estimate of drug-likeness (QED) is 0.674. The van der Waals surface area contributed by atoms with Crippen LogP contribution in [0.25, 0.3) is 16.5 Å². The van der Waals surface area contributed by atoms with Crippen molar-refractivity contribution in [2.75, 3.05) is 7.11 Å². The molecule has 0 bridgehead atoms. The Hall–Kier alpha value is -2.59. The number of benzene rings is 2. The van der Waals surface area contributed by atoms with Crippen molar-refractivity contribution in [1.82, 2.24) is 4.57 Å². The largest absolute Gasteiger partial charge is 0.465 e. The van der Waals surface area contributed by atoms with Crippen LogP contribution in [0.5, 0.6) is 0 Å². The van der Waals surface area contributed by atoms with E-state index in [2.05, 4.69) is 0 Å². The SMILES string of the molecule is COC(=O)c1c(C)n(-c2ccccc2)c(=O)c2c(Cl)cccc12. The predicted octanol–water partition coefficient (Wildman–Crippen LogP) is 3.74. The smallest absolute Gasteiger partial charge is 0.340 e. The van der Waals surface area contributed by atoms with Crippen molar-refractivity contribution in [1.29, 1.82) is 0 Å². The zero-order valence-electron chi connectivity index (χ0n) is 12.7. The maximum atomic E-state index is 13.0. The van der Waals surface area contributed by atoms with Crippen LogP contribution in [-0.4, -0.2) is 17.6 Å². The van der Waals surface area contributed by atoms with E-state index >= 15 is 0 Å². The molecule has 0 aliphatic carbocycles. The zero-order chi connectivity index (χ0) is 16.6. The summed E-state index contributed by atoms with van der Waals surface area (Å²) in [6, 6.07) is 14.2. The third-order valence-electron chi connectivity index (χ3n) is 3.80. The lowest BCUT2D eigenvalue weighted by Gasteiger charge is -2.16. The average Bonchev–Trinajstić information content (AvgIpc) is 2.55. The molecule has 2 aromatic carbocycles. The molecule has 0 atom stereocenters. The van der Waals surface area contributed by atoms with Gasteiger partial charge in [-0.15, -0.1) is 0 Å². The summed E-state index contributed by atoms with van der Waals surface area (Å²) in [6.45, 7) is 1.72. The lowest BCUT2D eigenvalue weighted by Crippen LogP contribution is -2.24. The minimum Gasteiger partial charge on any atom is -0.465 e. The predicted molar refractivity (Wildman–Crippen MR) is 90.6 cm³/mol. The Morgan fingerprint density at radius 2 is 1.78 bits per heavy atom. The second-order valence-corrected chi connectivity index (χ2v) is 5.50. The second kappa shape index (κ2) is 5.89. The van der Waals surface area contributed by atoms with Gasteiger partial charge in [0, 0.05) is 16.8 Å². The molecule has 0 amide bonds. The van der Waals surface area contributed by atoms with Crippen LogP contribution in [0.1, 0.15) is 16.1 Å². The van der Waals surface area contributed by atoms with Crippen molar-refractivity contribution in [2.24, 2.45) is 0 Å². The van der Waals surface area contributed by atoms with Crippen LogP contribution in [0, 0.1) is 6.92 Å². The Morgan fingerprint density at radius 1 is 1.09 bits per heavy atom. The lowest BCUT2D eigenvalue weighted by atomic mass is 10.0. The number of hydrogen-bond donors (Lipinski definition) is 0. The number of pyridine rings is 1. The fourth-order valence-corrected chi connectivity index (χ4v) is 3.02. The molecular formula is C18H14ClNO3. The number of ether oxygens (including phenoxy) is 1. The Kier molecular flexibility index (Phi) is 3.92.